The molecule has 0 saturated heterocycles. The van der Waals surface area contributed by atoms with Gasteiger partial charge in [-0.25, -0.2) is 9.07 Å². The Balaban J connectivity index is 1.72. The predicted octanol–water partition coefficient (Wildman–Crippen LogP) is 3.58. The first kappa shape index (κ1) is 20.1. The van der Waals surface area contributed by atoms with Crippen LogP contribution in [0.4, 0.5) is 23.2 Å². The summed E-state index contributed by atoms with van der Waals surface area (Å²) in [5.41, 5.74) is 0.281. The third kappa shape index (κ3) is 5.64. The minimum absolute atomic E-state index is 0.0315. The van der Waals surface area contributed by atoms with Crippen molar-refractivity contribution in [3.8, 4) is 5.75 Å². The molecule has 3 rings (SSSR count). The van der Waals surface area contributed by atoms with Crippen molar-refractivity contribution < 1.29 is 27.1 Å². The molecule has 3 aromatic rings. The highest BCUT2D eigenvalue weighted by Crippen LogP contribution is 2.24. The first-order valence-corrected chi connectivity index (χ1v) is 8.19. The van der Waals surface area contributed by atoms with E-state index in [1.165, 1.54) is 42.5 Å². The fraction of sp³-hybridized carbons (Fsp3) is 0.105. The Labute approximate surface area is 161 Å². The van der Waals surface area contributed by atoms with Crippen LogP contribution in [0.25, 0.3) is 0 Å². The van der Waals surface area contributed by atoms with Gasteiger partial charge in [-0.15, -0.1) is 13.2 Å². The van der Waals surface area contributed by atoms with Crippen LogP contribution in [-0.2, 0) is 6.54 Å². The normalized spacial score (nSPS) is 11.2. The summed E-state index contributed by atoms with van der Waals surface area (Å²) in [6.45, 7) is 0.0315. The molecule has 0 atom stereocenters. The molecule has 1 aromatic heterocycles. The Hall–Kier alpha value is -3.69. The molecular formula is C19H13F4N3O3. The van der Waals surface area contributed by atoms with E-state index < -0.39 is 29.4 Å². The Morgan fingerprint density at radius 3 is 2.28 bits per heavy atom. The van der Waals surface area contributed by atoms with Crippen LogP contribution in [0.1, 0.15) is 16.1 Å². The van der Waals surface area contributed by atoms with Gasteiger partial charge in [0, 0.05) is 11.8 Å². The standard InChI is InChI=1S/C19H13F4N3O3/c20-13-3-1-12(2-4-13)11-26-17(27)10-9-16(25-26)18(28)24-14-5-7-15(8-6-14)29-19(21,22)23/h1-10H,11H2,(H,24,28). The molecular weight excluding hydrogens is 394 g/mol. The molecule has 0 fully saturated rings. The number of carbonyl (C=O) groups is 1. The molecule has 0 bridgehead atoms. The fourth-order valence-corrected chi connectivity index (χ4v) is 2.38. The molecule has 1 amide bonds. The third-order valence-corrected chi connectivity index (χ3v) is 3.69. The summed E-state index contributed by atoms with van der Waals surface area (Å²) in [6.07, 6.45) is -4.81. The van der Waals surface area contributed by atoms with E-state index in [2.05, 4.69) is 15.2 Å². The van der Waals surface area contributed by atoms with Gasteiger partial charge in [-0.1, -0.05) is 12.1 Å². The van der Waals surface area contributed by atoms with Crippen molar-refractivity contribution in [2.45, 2.75) is 12.9 Å². The molecule has 2 aromatic carbocycles. The van der Waals surface area contributed by atoms with E-state index in [-0.39, 0.29) is 17.9 Å². The summed E-state index contributed by atoms with van der Waals surface area (Å²) >= 11 is 0. The highest BCUT2D eigenvalue weighted by atomic mass is 19.4. The maximum absolute atomic E-state index is 13.0. The number of ether oxygens (including phenoxy) is 1. The molecule has 0 aliphatic heterocycles. The lowest BCUT2D eigenvalue weighted by Crippen LogP contribution is -2.26. The van der Waals surface area contributed by atoms with Gasteiger partial charge < -0.3 is 10.1 Å². The number of carbonyl (C=O) groups excluding carboxylic acids is 1. The van der Waals surface area contributed by atoms with E-state index in [9.17, 15) is 27.2 Å². The van der Waals surface area contributed by atoms with Crippen molar-refractivity contribution in [1.82, 2.24) is 9.78 Å². The largest absolute Gasteiger partial charge is 0.573 e. The number of amides is 1. The molecule has 0 aliphatic carbocycles. The third-order valence-electron chi connectivity index (χ3n) is 3.69. The number of halogens is 4. The second-order valence-corrected chi connectivity index (χ2v) is 5.87. The number of anilines is 1. The summed E-state index contributed by atoms with van der Waals surface area (Å²) in [5.74, 6) is -1.52. The number of hydrogen-bond acceptors (Lipinski definition) is 4. The van der Waals surface area contributed by atoms with Crippen LogP contribution in [0.5, 0.6) is 5.75 Å². The Morgan fingerprint density at radius 1 is 1.00 bits per heavy atom. The van der Waals surface area contributed by atoms with Gasteiger partial charge in [0.25, 0.3) is 11.5 Å². The molecule has 1 heterocycles. The van der Waals surface area contributed by atoms with Gasteiger partial charge in [-0.2, -0.15) is 5.10 Å². The van der Waals surface area contributed by atoms with E-state index in [0.29, 0.717) is 5.56 Å². The summed E-state index contributed by atoms with van der Waals surface area (Å²) in [7, 11) is 0. The van der Waals surface area contributed by atoms with E-state index in [4.69, 9.17) is 0 Å². The maximum atomic E-state index is 13.0. The molecule has 0 aliphatic rings. The van der Waals surface area contributed by atoms with Gasteiger partial charge in [0.1, 0.15) is 17.3 Å². The average Bonchev–Trinajstić information content (AvgIpc) is 2.65. The zero-order chi connectivity index (χ0) is 21.0. The number of nitrogens with one attached hydrogen (secondary N) is 1. The lowest BCUT2D eigenvalue weighted by molar-refractivity contribution is -0.274. The maximum Gasteiger partial charge on any atom is 0.573 e. The fourth-order valence-electron chi connectivity index (χ4n) is 2.38. The number of aromatic nitrogens is 2. The first-order valence-electron chi connectivity index (χ1n) is 8.19. The topological polar surface area (TPSA) is 73.2 Å². The van der Waals surface area contributed by atoms with Crippen LogP contribution < -0.4 is 15.6 Å². The van der Waals surface area contributed by atoms with Crippen LogP contribution in [0.3, 0.4) is 0 Å². The van der Waals surface area contributed by atoms with Crippen molar-refractivity contribution in [2.24, 2.45) is 0 Å². The minimum Gasteiger partial charge on any atom is -0.406 e. The Kier molecular flexibility index (Phi) is 5.62. The number of alkyl halides is 3. The first-order chi connectivity index (χ1) is 13.7. The SMILES string of the molecule is O=C(Nc1ccc(OC(F)(F)F)cc1)c1ccc(=O)n(Cc2ccc(F)cc2)n1. The van der Waals surface area contributed by atoms with E-state index in [0.717, 1.165) is 22.9 Å². The molecule has 0 saturated carbocycles. The van der Waals surface area contributed by atoms with Crippen molar-refractivity contribution in [3.05, 3.63) is 88.1 Å². The van der Waals surface area contributed by atoms with Crippen molar-refractivity contribution in [1.29, 1.82) is 0 Å². The zero-order valence-corrected chi connectivity index (χ0v) is 14.6. The monoisotopic (exact) mass is 407 g/mol. The van der Waals surface area contributed by atoms with Crippen LogP contribution in [0.2, 0.25) is 0 Å². The van der Waals surface area contributed by atoms with Crippen molar-refractivity contribution in [3.63, 3.8) is 0 Å². The average molecular weight is 407 g/mol. The van der Waals surface area contributed by atoms with Gasteiger partial charge in [0.15, 0.2) is 0 Å². The molecule has 1 N–H and O–H groups in total. The molecule has 0 spiro atoms. The second kappa shape index (κ2) is 8.13. The van der Waals surface area contributed by atoms with E-state index >= 15 is 0 Å². The number of benzene rings is 2. The van der Waals surface area contributed by atoms with Gasteiger partial charge in [-0.05, 0) is 48.0 Å². The van der Waals surface area contributed by atoms with Crippen LogP contribution in [0.15, 0.2) is 65.5 Å². The van der Waals surface area contributed by atoms with Gasteiger partial charge in [-0.3, -0.25) is 9.59 Å². The van der Waals surface area contributed by atoms with Crippen LogP contribution >= 0.6 is 0 Å². The quantitative estimate of drug-likeness (QED) is 0.657. The van der Waals surface area contributed by atoms with Crippen LogP contribution in [-0.4, -0.2) is 22.1 Å². The molecule has 0 radical (unpaired) electrons. The van der Waals surface area contributed by atoms with Crippen molar-refractivity contribution in [2.75, 3.05) is 5.32 Å². The van der Waals surface area contributed by atoms with Gasteiger partial charge in [0.2, 0.25) is 0 Å². The number of nitrogens with zero attached hydrogens (tertiary/aromatic N) is 2. The van der Waals surface area contributed by atoms with E-state index in [1.54, 1.807) is 0 Å². The van der Waals surface area contributed by atoms with E-state index in [1.807, 2.05) is 0 Å². The number of rotatable bonds is 5. The highest BCUT2D eigenvalue weighted by Gasteiger charge is 2.31. The summed E-state index contributed by atoms with van der Waals surface area (Å²) in [6, 6.07) is 12.4. The molecule has 10 heteroatoms. The molecule has 29 heavy (non-hydrogen) atoms. The lowest BCUT2D eigenvalue weighted by atomic mass is 10.2. The predicted molar refractivity (Wildman–Crippen MR) is 95.1 cm³/mol. The Morgan fingerprint density at radius 2 is 1.66 bits per heavy atom. The summed E-state index contributed by atoms with van der Waals surface area (Å²) < 4.78 is 54.3. The van der Waals surface area contributed by atoms with Crippen LogP contribution in [0, 0.1) is 5.82 Å². The summed E-state index contributed by atoms with van der Waals surface area (Å²) in [4.78, 5) is 24.3. The molecule has 0 unspecified atom stereocenters. The Bertz CT molecular complexity index is 1060. The summed E-state index contributed by atoms with van der Waals surface area (Å²) in [5, 5.41) is 6.44. The lowest BCUT2D eigenvalue weighted by Gasteiger charge is -2.10. The number of hydrogen-bond donors (Lipinski definition) is 1. The van der Waals surface area contributed by atoms with Gasteiger partial charge >= 0.3 is 6.36 Å². The molecule has 150 valence electrons. The second-order valence-electron chi connectivity index (χ2n) is 5.87. The minimum atomic E-state index is -4.81. The molecule has 6 nitrogen and oxygen atoms in total. The highest BCUT2D eigenvalue weighted by molar-refractivity contribution is 6.02. The smallest absolute Gasteiger partial charge is 0.406 e. The zero-order valence-electron chi connectivity index (χ0n) is 14.6. The van der Waals surface area contributed by atoms with Gasteiger partial charge in [0.05, 0.1) is 6.54 Å². The van der Waals surface area contributed by atoms with Crippen molar-refractivity contribution >= 4 is 11.6 Å².